The summed E-state index contributed by atoms with van der Waals surface area (Å²) in [7, 11) is -1.62. The zero-order chi connectivity index (χ0) is 25.7. The van der Waals surface area contributed by atoms with Crippen LogP contribution in [0, 0.1) is 17.2 Å². The highest BCUT2D eigenvalue weighted by molar-refractivity contribution is 7.86. The first kappa shape index (κ1) is 24.4. The molecule has 3 fully saturated rings. The number of piperidine rings is 2. The summed E-state index contributed by atoms with van der Waals surface area (Å²) in [6.45, 7) is 0.421. The van der Waals surface area contributed by atoms with E-state index in [0.717, 1.165) is 24.1 Å². The number of nitriles is 1. The summed E-state index contributed by atoms with van der Waals surface area (Å²) < 4.78 is 30.0. The fourth-order valence-corrected chi connectivity index (χ4v) is 8.42. The summed E-state index contributed by atoms with van der Waals surface area (Å²) >= 11 is 1.42. The molecule has 2 atom stereocenters. The highest BCUT2D eigenvalue weighted by Crippen LogP contribution is 2.40. The number of aromatic amines is 1. The van der Waals surface area contributed by atoms with E-state index < -0.39 is 10.2 Å². The zero-order valence-electron chi connectivity index (χ0n) is 20.3. The third kappa shape index (κ3) is 4.32. The largest absolute Gasteiger partial charge is 0.390 e. The van der Waals surface area contributed by atoms with Gasteiger partial charge in [0.15, 0.2) is 16.5 Å². The third-order valence-corrected chi connectivity index (χ3v) is 10.4. The first-order valence-electron chi connectivity index (χ1n) is 12.3. The molecular weight excluding hydrogens is 516 g/mol. The molecule has 3 aliphatic rings. The molecule has 37 heavy (non-hydrogen) atoms. The number of hydrogen-bond donors (Lipinski definition) is 3. The smallest absolute Gasteiger partial charge is 0.282 e. The van der Waals surface area contributed by atoms with E-state index in [-0.39, 0.29) is 43.7 Å². The molecule has 6 heterocycles. The Hall–Kier alpha value is -2.90. The van der Waals surface area contributed by atoms with Gasteiger partial charge in [-0.05, 0) is 25.7 Å². The highest BCUT2D eigenvalue weighted by atomic mass is 32.2. The van der Waals surface area contributed by atoms with Crippen molar-refractivity contribution in [3.05, 3.63) is 17.3 Å². The van der Waals surface area contributed by atoms with Gasteiger partial charge in [-0.25, -0.2) is 4.98 Å². The van der Waals surface area contributed by atoms with Crippen molar-refractivity contribution >= 4 is 49.5 Å². The van der Waals surface area contributed by atoms with Crippen molar-refractivity contribution < 1.29 is 13.5 Å². The molecule has 0 aromatic carbocycles. The molecule has 3 N–H and O–H groups in total. The quantitative estimate of drug-likeness (QED) is 0.397. The van der Waals surface area contributed by atoms with E-state index in [4.69, 9.17) is 15.2 Å². The van der Waals surface area contributed by atoms with Gasteiger partial charge >= 0.3 is 0 Å². The molecule has 196 valence electrons. The number of H-pyrrole nitrogens is 1. The molecule has 0 amide bonds. The lowest BCUT2D eigenvalue weighted by atomic mass is 9.83. The Balaban J connectivity index is 1.24. The van der Waals surface area contributed by atoms with Crippen molar-refractivity contribution in [2.75, 3.05) is 30.4 Å². The molecule has 0 saturated carbocycles. The lowest BCUT2D eigenvalue weighted by molar-refractivity contribution is 0.0930. The number of nitrogens with zero attached hydrogens (tertiary/aromatic N) is 8. The number of nitrogens with one attached hydrogen (secondary N) is 2. The second-order valence-electron chi connectivity index (χ2n) is 9.90. The first-order valence-corrected chi connectivity index (χ1v) is 14.6. The number of aliphatic hydroxyl groups is 1. The molecule has 15 heteroatoms. The predicted octanol–water partition coefficient (Wildman–Crippen LogP) is 1.57. The van der Waals surface area contributed by atoms with Crippen LogP contribution in [0.4, 0.5) is 17.6 Å². The van der Waals surface area contributed by atoms with Gasteiger partial charge in [-0.2, -0.15) is 37.4 Å². The molecule has 3 saturated heterocycles. The predicted molar refractivity (Wildman–Crippen MR) is 137 cm³/mol. The highest BCUT2D eigenvalue weighted by Gasteiger charge is 2.50. The molecule has 2 unspecified atom stereocenters. The molecule has 0 spiro atoms. The molecule has 3 aliphatic heterocycles. The molecular formula is C22H28N10O3S2. The molecule has 3 aromatic rings. The van der Waals surface area contributed by atoms with Crippen LogP contribution in [0.2, 0.25) is 0 Å². The summed E-state index contributed by atoms with van der Waals surface area (Å²) in [6, 6.07) is 3.77. The maximum atomic E-state index is 13.4. The van der Waals surface area contributed by atoms with E-state index in [1.807, 2.05) is 7.05 Å². The number of rotatable bonds is 7. The Morgan fingerprint density at radius 2 is 2.05 bits per heavy atom. The van der Waals surface area contributed by atoms with Gasteiger partial charge in [0.2, 0.25) is 5.95 Å². The standard InChI is InChI=1S/C22H28N10O3S2/c1-30(22-26-20(19-21(27-22)36-12-24-19)25-18-5-14(11-33)28-29-18)17-6-15-3-2-4-16(7-17)32(15)37(34,35)31-9-13(8-23)10-31/h5,12-13,15-17,33H,2-4,6-7,9-11H2,1H3,(H2,25,26,27,28,29). The summed E-state index contributed by atoms with van der Waals surface area (Å²) in [5.74, 6) is 1.37. The first-order chi connectivity index (χ1) is 17.9. The van der Waals surface area contributed by atoms with Gasteiger partial charge in [-0.15, -0.1) is 11.3 Å². The van der Waals surface area contributed by atoms with Crippen LogP contribution in [0.25, 0.3) is 10.3 Å². The zero-order valence-corrected chi connectivity index (χ0v) is 21.9. The van der Waals surface area contributed by atoms with Crippen molar-refractivity contribution in [3.8, 4) is 6.07 Å². The van der Waals surface area contributed by atoms with Crippen LogP contribution in [0.3, 0.4) is 0 Å². The fourth-order valence-electron chi connectivity index (χ4n) is 5.63. The van der Waals surface area contributed by atoms with Crippen molar-refractivity contribution in [1.82, 2.24) is 33.8 Å². The number of hydrogen-bond acceptors (Lipinski definition) is 11. The van der Waals surface area contributed by atoms with Crippen LogP contribution in [0.15, 0.2) is 11.6 Å². The summed E-state index contributed by atoms with van der Waals surface area (Å²) in [6.07, 6.45) is 4.03. The second-order valence-corrected chi connectivity index (χ2v) is 12.6. The van der Waals surface area contributed by atoms with Crippen molar-refractivity contribution in [3.63, 3.8) is 0 Å². The summed E-state index contributed by atoms with van der Waals surface area (Å²) in [5.41, 5.74) is 2.94. The van der Waals surface area contributed by atoms with Crippen LogP contribution in [-0.4, -0.2) is 85.5 Å². The third-order valence-electron chi connectivity index (χ3n) is 7.60. The lowest BCUT2D eigenvalue weighted by Gasteiger charge is -2.51. The number of thiazole rings is 1. The van der Waals surface area contributed by atoms with Crippen LogP contribution in [0.1, 0.15) is 37.8 Å². The monoisotopic (exact) mass is 544 g/mol. The van der Waals surface area contributed by atoms with Gasteiger partial charge < -0.3 is 15.3 Å². The second kappa shape index (κ2) is 9.44. The van der Waals surface area contributed by atoms with Gasteiger partial charge in [0.05, 0.1) is 29.8 Å². The molecule has 2 bridgehead atoms. The molecule has 3 aromatic heterocycles. The Morgan fingerprint density at radius 1 is 1.30 bits per heavy atom. The maximum Gasteiger partial charge on any atom is 0.282 e. The minimum absolute atomic E-state index is 0.0783. The van der Waals surface area contributed by atoms with E-state index in [2.05, 4.69) is 31.5 Å². The van der Waals surface area contributed by atoms with E-state index in [0.29, 0.717) is 41.6 Å². The van der Waals surface area contributed by atoms with Gasteiger partial charge in [0.1, 0.15) is 5.52 Å². The van der Waals surface area contributed by atoms with Crippen LogP contribution < -0.4 is 10.2 Å². The van der Waals surface area contributed by atoms with Crippen LogP contribution in [0.5, 0.6) is 0 Å². The SMILES string of the molecule is CN(c1nc(Nc2cc(CO)[nH]n2)c2ncsc2n1)C1CC2CCCC(C1)N2S(=O)(=O)N1CC(C#N)C1. The van der Waals surface area contributed by atoms with Gasteiger partial charge in [-0.1, -0.05) is 6.42 Å². The van der Waals surface area contributed by atoms with Gasteiger partial charge in [0.25, 0.3) is 10.2 Å². The van der Waals surface area contributed by atoms with E-state index >= 15 is 0 Å². The Morgan fingerprint density at radius 3 is 2.73 bits per heavy atom. The van der Waals surface area contributed by atoms with Crippen molar-refractivity contribution in [2.24, 2.45) is 5.92 Å². The Kier molecular flexibility index (Phi) is 6.24. The van der Waals surface area contributed by atoms with E-state index in [1.54, 1.807) is 15.9 Å². The fraction of sp³-hybridized carbons (Fsp3) is 0.591. The average molecular weight is 545 g/mol. The van der Waals surface area contributed by atoms with E-state index in [9.17, 15) is 13.5 Å². The number of aromatic nitrogens is 5. The minimum atomic E-state index is -3.58. The Labute approximate surface area is 218 Å². The van der Waals surface area contributed by atoms with Crippen molar-refractivity contribution in [2.45, 2.75) is 56.8 Å². The molecule has 0 radical (unpaired) electrons. The summed E-state index contributed by atoms with van der Waals surface area (Å²) in [5, 5.41) is 28.5. The molecule has 0 aliphatic carbocycles. The maximum absolute atomic E-state index is 13.4. The van der Waals surface area contributed by atoms with Crippen LogP contribution >= 0.6 is 11.3 Å². The number of anilines is 3. The Bertz CT molecular complexity index is 1430. The summed E-state index contributed by atoms with van der Waals surface area (Å²) in [4.78, 5) is 16.7. The van der Waals surface area contributed by atoms with Gasteiger partial charge in [0, 0.05) is 44.3 Å². The molecule has 13 nitrogen and oxygen atoms in total. The normalized spacial score (nSPS) is 25.1. The van der Waals surface area contributed by atoms with E-state index in [1.165, 1.54) is 15.6 Å². The lowest BCUT2D eigenvalue weighted by Crippen LogP contribution is -2.64. The van der Waals surface area contributed by atoms with Gasteiger partial charge in [-0.3, -0.25) is 5.10 Å². The minimum Gasteiger partial charge on any atom is -0.390 e. The van der Waals surface area contributed by atoms with Crippen LogP contribution in [-0.2, 0) is 16.8 Å². The number of fused-ring (bicyclic) bond motifs is 3. The molecule has 6 rings (SSSR count). The topological polar surface area (TPSA) is 167 Å². The van der Waals surface area contributed by atoms with Crippen molar-refractivity contribution in [1.29, 1.82) is 5.26 Å². The number of aliphatic hydroxyl groups excluding tert-OH is 1. The average Bonchev–Trinajstić information content (AvgIpc) is 3.51.